The van der Waals surface area contributed by atoms with Gasteiger partial charge in [-0.2, -0.15) is 0 Å². The first-order valence-corrected chi connectivity index (χ1v) is 8.25. The average molecular weight is 288 g/mol. The second kappa shape index (κ2) is 10.3. The molecule has 0 heterocycles. The van der Waals surface area contributed by atoms with E-state index in [9.17, 15) is 9.59 Å². The first kappa shape index (κ1) is 17.6. The van der Waals surface area contributed by atoms with Crippen LogP contribution in [0, 0.1) is 0 Å². The Bertz CT molecular complexity index is 431. The summed E-state index contributed by atoms with van der Waals surface area (Å²) in [6.07, 6.45) is 8.75. The largest absolute Gasteiger partial charge is 0.300 e. The van der Waals surface area contributed by atoms with Crippen LogP contribution < -0.4 is 0 Å². The molecule has 1 aromatic carbocycles. The number of rotatable bonds is 11. The highest BCUT2D eigenvalue weighted by Gasteiger charge is 2.05. The number of hydrogen-bond acceptors (Lipinski definition) is 2. The first-order chi connectivity index (χ1) is 10.1. The Morgan fingerprint density at radius 2 is 1.48 bits per heavy atom. The zero-order valence-electron chi connectivity index (χ0n) is 13.5. The topological polar surface area (TPSA) is 34.1 Å². The summed E-state index contributed by atoms with van der Waals surface area (Å²) < 4.78 is 0. The maximum absolute atomic E-state index is 12.1. The third-order valence-corrected chi connectivity index (χ3v) is 3.78. The molecule has 0 amide bonds. The Morgan fingerprint density at radius 1 is 0.857 bits per heavy atom. The van der Waals surface area contributed by atoms with Gasteiger partial charge in [-0.1, -0.05) is 50.5 Å². The molecule has 0 atom stereocenters. The van der Waals surface area contributed by atoms with Crippen molar-refractivity contribution in [1.29, 1.82) is 0 Å². The summed E-state index contributed by atoms with van der Waals surface area (Å²) in [4.78, 5) is 22.9. The zero-order chi connectivity index (χ0) is 15.5. The molecule has 0 saturated carbocycles. The standard InChI is InChI=1S/C19H28O2/c1-3-4-10-17-12-14-18(15-13-17)19(21)11-8-6-5-7-9-16(2)20/h12-15H,3-11H2,1-2H3. The van der Waals surface area contributed by atoms with Crippen LogP contribution in [0.4, 0.5) is 0 Å². The van der Waals surface area contributed by atoms with Crippen molar-refractivity contribution in [1.82, 2.24) is 0 Å². The summed E-state index contributed by atoms with van der Waals surface area (Å²) in [5.74, 6) is 0.498. The Labute approximate surface area is 128 Å². The molecule has 1 aromatic rings. The van der Waals surface area contributed by atoms with Crippen LogP contribution in [0.2, 0.25) is 0 Å². The molecule has 0 unspecified atom stereocenters. The summed E-state index contributed by atoms with van der Waals surface area (Å²) in [7, 11) is 0. The van der Waals surface area contributed by atoms with Crippen LogP contribution in [-0.4, -0.2) is 11.6 Å². The Morgan fingerprint density at radius 3 is 2.05 bits per heavy atom. The van der Waals surface area contributed by atoms with Crippen LogP contribution in [0.1, 0.15) is 81.1 Å². The van der Waals surface area contributed by atoms with E-state index in [0.29, 0.717) is 12.8 Å². The second-order valence-electron chi connectivity index (χ2n) is 5.84. The molecule has 116 valence electrons. The van der Waals surface area contributed by atoms with Crippen molar-refractivity contribution in [3.8, 4) is 0 Å². The molecule has 2 heteroatoms. The summed E-state index contributed by atoms with van der Waals surface area (Å²) in [6.45, 7) is 3.82. The molecule has 0 saturated heterocycles. The average Bonchev–Trinajstić information content (AvgIpc) is 2.48. The van der Waals surface area contributed by atoms with Crippen molar-refractivity contribution >= 4 is 11.6 Å². The van der Waals surface area contributed by atoms with Gasteiger partial charge in [-0.3, -0.25) is 4.79 Å². The fraction of sp³-hybridized carbons (Fsp3) is 0.579. The van der Waals surface area contributed by atoms with Gasteiger partial charge in [0, 0.05) is 18.4 Å². The van der Waals surface area contributed by atoms with Crippen LogP contribution >= 0.6 is 0 Å². The highest BCUT2D eigenvalue weighted by atomic mass is 16.1. The second-order valence-corrected chi connectivity index (χ2v) is 5.84. The Kier molecular flexibility index (Phi) is 8.65. The van der Waals surface area contributed by atoms with Crippen LogP contribution in [0.3, 0.4) is 0 Å². The molecule has 0 bridgehead atoms. The number of ketones is 2. The van der Waals surface area contributed by atoms with E-state index >= 15 is 0 Å². The fourth-order valence-corrected chi connectivity index (χ4v) is 2.40. The minimum atomic E-state index is 0.239. The minimum absolute atomic E-state index is 0.239. The number of benzene rings is 1. The van der Waals surface area contributed by atoms with Crippen LogP contribution in [-0.2, 0) is 11.2 Å². The lowest BCUT2D eigenvalue weighted by atomic mass is 10.0. The number of Topliss-reactive ketones (excluding diaryl/α,β-unsaturated/α-hetero) is 2. The third kappa shape index (κ3) is 7.79. The van der Waals surface area contributed by atoms with E-state index in [4.69, 9.17) is 0 Å². The normalized spacial score (nSPS) is 10.6. The number of aryl methyl sites for hydroxylation is 1. The maximum atomic E-state index is 12.1. The van der Waals surface area contributed by atoms with Gasteiger partial charge >= 0.3 is 0 Å². The minimum Gasteiger partial charge on any atom is -0.300 e. The van der Waals surface area contributed by atoms with E-state index in [1.807, 2.05) is 12.1 Å². The van der Waals surface area contributed by atoms with Gasteiger partial charge in [-0.05, 0) is 38.2 Å². The molecule has 0 aliphatic rings. The van der Waals surface area contributed by atoms with Gasteiger partial charge in [0.1, 0.15) is 5.78 Å². The highest BCUT2D eigenvalue weighted by molar-refractivity contribution is 5.96. The van der Waals surface area contributed by atoms with Crippen molar-refractivity contribution in [3.05, 3.63) is 35.4 Å². The monoisotopic (exact) mass is 288 g/mol. The van der Waals surface area contributed by atoms with Gasteiger partial charge in [-0.15, -0.1) is 0 Å². The van der Waals surface area contributed by atoms with E-state index in [0.717, 1.165) is 37.7 Å². The molecule has 2 nitrogen and oxygen atoms in total. The lowest BCUT2D eigenvalue weighted by molar-refractivity contribution is -0.117. The van der Waals surface area contributed by atoms with Gasteiger partial charge in [0.25, 0.3) is 0 Å². The predicted octanol–water partition coefficient (Wildman–Crippen LogP) is 5.14. The van der Waals surface area contributed by atoms with Gasteiger partial charge < -0.3 is 4.79 Å². The van der Waals surface area contributed by atoms with Gasteiger partial charge in [-0.25, -0.2) is 0 Å². The molecule has 0 aliphatic carbocycles. The van der Waals surface area contributed by atoms with Gasteiger partial charge in [0.05, 0.1) is 0 Å². The van der Waals surface area contributed by atoms with E-state index < -0.39 is 0 Å². The molecule has 1 rings (SSSR count). The fourth-order valence-electron chi connectivity index (χ4n) is 2.40. The number of carbonyl (C=O) groups is 2. The molecule has 0 aliphatic heterocycles. The number of hydrogen-bond donors (Lipinski definition) is 0. The number of carbonyl (C=O) groups excluding carboxylic acids is 2. The maximum Gasteiger partial charge on any atom is 0.162 e. The quantitative estimate of drug-likeness (QED) is 0.417. The van der Waals surface area contributed by atoms with Crippen LogP contribution in [0.25, 0.3) is 0 Å². The predicted molar refractivity (Wildman–Crippen MR) is 87.8 cm³/mol. The van der Waals surface area contributed by atoms with E-state index in [1.54, 1.807) is 6.92 Å². The Balaban J connectivity index is 2.24. The molecule has 21 heavy (non-hydrogen) atoms. The lowest BCUT2D eigenvalue weighted by Gasteiger charge is -2.04. The number of unbranched alkanes of at least 4 members (excludes halogenated alkanes) is 4. The molecule has 0 aromatic heterocycles. The van der Waals surface area contributed by atoms with Crippen molar-refractivity contribution < 1.29 is 9.59 Å². The summed E-state index contributed by atoms with van der Waals surface area (Å²) in [5.41, 5.74) is 2.15. The van der Waals surface area contributed by atoms with E-state index in [2.05, 4.69) is 19.1 Å². The summed E-state index contributed by atoms with van der Waals surface area (Å²) >= 11 is 0. The lowest BCUT2D eigenvalue weighted by Crippen LogP contribution is -1.99. The first-order valence-electron chi connectivity index (χ1n) is 8.25. The highest BCUT2D eigenvalue weighted by Crippen LogP contribution is 2.12. The van der Waals surface area contributed by atoms with Crippen LogP contribution in [0.5, 0.6) is 0 Å². The van der Waals surface area contributed by atoms with Crippen molar-refractivity contribution in [2.24, 2.45) is 0 Å². The molecule has 0 spiro atoms. The molecular formula is C19H28O2. The van der Waals surface area contributed by atoms with Crippen molar-refractivity contribution in [3.63, 3.8) is 0 Å². The van der Waals surface area contributed by atoms with Gasteiger partial charge in [0.2, 0.25) is 0 Å². The Hall–Kier alpha value is -1.44. The molecular weight excluding hydrogens is 260 g/mol. The SMILES string of the molecule is CCCCc1ccc(C(=O)CCCCCCC(C)=O)cc1. The van der Waals surface area contributed by atoms with Crippen molar-refractivity contribution in [2.75, 3.05) is 0 Å². The summed E-state index contributed by atoms with van der Waals surface area (Å²) in [6, 6.07) is 8.08. The van der Waals surface area contributed by atoms with E-state index in [1.165, 1.54) is 18.4 Å². The summed E-state index contributed by atoms with van der Waals surface area (Å²) in [5, 5.41) is 0. The molecule has 0 N–H and O–H groups in total. The van der Waals surface area contributed by atoms with Crippen molar-refractivity contribution in [2.45, 2.75) is 71.6 Å². The van der Waals surface area contributed by atoms with Gasteiger partial charge in [0.15, 0.2) is 5.78 Å². The zero-order valence-corrected chi connectivity index (χ0v) is 13.5. The van der Waals surface area contributed by atoms with E-state index in [-0.39, 0.29) is 11.6 Å². The third-order valence-electron chi connectivity index (χ3n) is 3.78. The smallest absolute Gasteiger partial charge is 0.162 e. The van der Waals surface area contributed by atoms with Crippen LogP contribution in [0.15, 0.2) is 24.3 Å². The molecule has 0 fully saturated rings. The molecule has 0 radical (unpaired) electrons.